The lowest BCUT2D eigenvalue weighted by molar-refractivity contribution is 0.188. The molecule has 2 fully saturated rings. The Morgan fingerprint density at radius 3 is 2.42 bits per heavy atom. The summed E-state index contributed by atoms with van der Waals surface area (Å²) in [6.07, 6.45) is 11.3. The second-order valence-electron chi connectivity index (χ2n) is 6.56. The van der Waals surface area contributed by atoms with Crippen LogP contribution in [0.5, 0.6) is 0 Å². The summed E-state index contributed by atoms with van der Waals surface area (Å²) in [4.78, 5) is 0. The molecule has 3 rings (SSSR count). The molecule has 0 bridgehead atoms. The maximum Gasteiger partial charge on any atom is 0.0640 e. The van der Waals surface area contributed by atoms with Crippen molar-refractivity contribution in [3.05, 3.63) is 28.8 Å². The Labute approximate surface area is 121 Å². The number of para-hydroxylation sites is 1. The number of halogens is 1. The predicted molar refractivity (Wildman–Crippen MR) is 83.0 cm³/mol. The molecule has 0 amide bonds. The van der Waals surface area contributed by atoms with Crippen LogP contribution in [0.4, 0.5) is 5.69 Å². The Kier molecular flexibility index (Phi) is 3.75. The van der Waals surface area contributed by atoms with E-state index in [1.54, 1.807) is 0 Å². The SMILES string of the molecule is Cc1cccc(Cl)c1NC1CCC2(CCCC2)CC1. The van der Waals surface area contributed by atoms with Crippen molar-refractivity contribution in [1.29, 1.82) is 0 Å². The third kappa shape index (κ3) is 2.76. The van der Waals surface area contributed by atoms with Crippen LogP contribution in [0.3, 0.4) is 0 Å². The minimum absolute atomic E-state index is 0.616. The zero-order chi connectivity index (χ0) is 13.3. The minimum Gasteiger partial charge on any atom is -0.381 e. The highest BCUT2D eigenvalue weighted by Crippen LogP contribution is 2.49. The largest absolute Gasteiger partial charge is 0.381 e. The summed E-state index contributed by atoms with van der Waals surface area (Å²) < 4.78 is 0. The fraction of sp³-hybridized carbons (Fsp3) is 0.647. The summed E-state index contributed by atoms with van der Waals surface area (Å²) in [7, 11) is 0. The molecule has 1 nitrogen and oxygen atoms in total. The minimum atomic E-state index is 0.616. The third-order valence-corrected chi connectivity index (χ3v) is 5.60. The first-order valence-electron chi connectivity index (χ1n) is 7.70. The van der Waals surface area contributed by atoms with Gasteiger partial charge in [-0.25, -0.2) is 0 Å². The number of benzene rings is 1. The molecule has 2 heteroatoms. The molecular formula is C17H24ClN. The molecule has 0 atom stereocenters. The first-order valence-corrected chi connectivity index (χ1v) is 8.08. The van der Waals surface area contributed by atoms with Gasteiger partial charge in [-0.3, -0.25) is 0 Å². The quantitative estimate of drug-likeness (QED) is 0.746. The van der Waals surface area contributed by atoms with E-state index >= 15 is 0 Å². The maximum atomic E-state index is 6.31. The topological polar surface area (TPSA) is 12.0 Å². The van der Waals surface area contributed by atoms with Gasteiger partial charge in [0.15, 0.2) is 0 Å². The molecule has 0 unspecified atom stereocenters. The van der Waals surface area contributed by atoms with E-state index in [-0.39, 0.29) is 0 Å². The number of anilines is 1. The highest BCUT2D eigenvalue weighted by molar-refractivity contribution is 6.33. The van der Waals surface area contributed by atoms with Crippen LogP contribution in [0, 0.1) is 12.3 Å². The van der Waals surface area contributed by atoms with E-state index < -0.39 is 0 Å². The lowest BCUT2D eigenvalue weighted by atomic mass is 9.71. The molecule has 1 aromatic carbocycles. The molecule has 0 aromatic heterocycles. The van der Waals surface area contributed by atoms with Crippen LogP contribution in [0.2, 0.25) is 5.02 Å². The summed E-state index contributed by atoms with van der Waals surface area (Å²) in [5.74, 6) is 0. The number of nitrogens with one attached hydrogen (secondary N) is 1. The van der Waals surface area contributed by atoms with Crippen molar-refractivity contribution in [2.24, 2.45) is 5.41 Å². The van der Waals surface area contributed by atoms with Crippen molar-refractivity contribution < 1.29 is 0 Å². The van der Waals surface area contributed by atoms with Gasteiger partial charge in [-0.1, -0.05) is 36.6 Å². The van der Waals surface area contributed by atoms with Gasteiger partial charge >= 0.3 is 0 Å². The summed E-state index contributed by atoms with van der Waals surface area (Å²) in [5, 5.41) is 4.55. The molecule has 1 spiro atoms. The van der Waals surface area contributed by atoms with Crippen molar-refractivity contribution in [2.75, 3.05) is 5.32 Å². The number of rotatable bonds is 2. The number of hydrogen-bond acceptors (Lipinski definition) is 1. The molecule has 2 saturated carbocycles. The Morgan fingerprint density at radius 1 is 1.11 bits per heavy atom. The zero-order valence-corrected chi connectivity index (χ0v) is 12.6. The van der Waals surface area contributed by atoms with E-state index in [1.807, 2.05) is 12.1 Å². The van der Waals surface area contributed by atoms with E-state index in [0.717, 1.165) is 10.7 Å². The van der Waals surface area contributed by atoms with Gasteiger partial charge in [0.25, 0.3) is 0 Å². The Bertz CT molecular complexity index is 418. The Morgan fingerprint density at radius 2 is 1.79 bits per heavy atom. The normalized spacial score (nSPS) is 22.8. The van der Waals surface area contributed by atoms with Gasteiger partial charge in [0, 0.05) is 6.04 Å². The lowest BCUT2D eigenvalue weighted by Gasteiger charge is -2.38. The predicted octanol–water partition coefficient (Wildman–Crippen LogP) is 5.56. The molecule has 0 radical (unpaired) electrons. The Balaban J connectivity index is 1.63. The lowest BCUT2D eigenvalue weighted by Crippen LogP contribution is -2.32. The van der Waals surface area contributed by atoms with Crippen LogP contribution in [0.1, 0.15) is 56.9 Å². The smallest absolute Gasteiger partial charge is 0.0640 e. The van der Waals surface area contributed by atoms with E-state index in [2.05, 4.69) is 18.3 Å². The molecule has 2 aliphatic carbocycles. The van der Waals surface area contributed by atoms with Crippen LogP contribution in [-0.2, 0) is 0 Å². The van der Waals surface area contributed by atoms with Crippen LogP contribution in [0.25, 0.3) is 0 Å². The van der Waals surface area contributed by atoms with Crippen LogP contribution < -0.4 is 5.32 Å². The molecule has 0 aliphatic heterocycles. The van der Waals surface area contributed by atoms with Gasteiger partial charge in [-0.2, -0.15) is 0 Å². The van der Waals surface area contributed by atoms with Crippen molar-refractivity contribution in [3.63, 3.8) is 0 Å². The first kappa shape index (κ1) is 13.3. The molecule has 0 heterocycles. The van der Waals surface area contributed by atoms with Crippen LogP contribution in [0.15, 0.2) is 18.2 Å². The van der Waals surface area contributed by atoms with Crippen molar-refractivity contribution >= 4 is 17.3 Å². The van der Waals surface area contributed by atoms with Crippen molar-refractivity contribution in [3.8, 4) is 0 Å². The summed E-state index contributed by atoms with van der Waals surface area (Å²) in [5.41, 5.74) is 3.12. The summed E-state index contributed by atoms with van der Waals surface area (Å²) >= 11 is 6.31. The van der Waals surface area contributed by atoms with Gasteiger partial charge < -0.3 is 5.32 Å². The number of aryl methyl sites for hydroxylation is 1. The van der Waals surface area contributed by atoms with Crippen molar-refractivity contribution in [2.45, 2.75) is 64.3 Å². The standard InChI is InChI=1S/C17H24ClN/c1-13-5-4-6-15(18)16(13)19-14-7-11-17(12-8-14)9-2-3-10-17/h4-6,14,19H,2-3,7-12H2,1H3. The molecule has 2 aliphatic rings. The van der Waals surface area contributed by atoms with Gasteiger partial charge in [-0.15, -0.1) is 0 Å². The molecule has 19 heavy (non-hydrogen) atoms. The average Bonchev–Trinajstić information content (AvgIpc) is 2.85. The van der Waals surface area contributed by atoms with E-state index in [4.69, 9.17) is 11.6 Å². The van der Waals surface area contributed by atoms with E-state index in [1.165, 1.54) is 56.9 Å². The van der Waals surface area contributed by atoms with E-state index in [0.29, 0.717) is 11.5 Å². The third-order valence-electron chi connectivity index (χ3n) is 5.28. The number of hydrogen-bond donors (Lipinski definition) is 1. The molecule has 0 saturated heterocycles. The maximum absolute atomic E-state index is 6.31. The average molecular weight is 278 g/mol. The van der Waals surface area contributed by atoms with Gasteiger partial charge in [-0.05, 0) is 62.5 Å². The van der Waals surface area contributed by atoms with Gasteiger partial charge in [0.1, 0.15) is 0 Å². The highest BCUT2D eigenvalue weighted by Gasteiger charge is 2.37. The van der Waals surface area contributed by atoms with E-state index in [9.17, 15) is 0 Å². The van der Waals surface area contributed by atoms with Crippen LogP contribution >= 0.6 is 11.6 Å². The molecule has 1 N–H and O–H groups in total. The molecule has 104 valence electrons. The molecule has 1 aromatic rings. The van der Waals surface area contributed by atoms with Gasteiger partial charge in [0.05, 0.1) is 10.7 Å². The molecular weight excluding hydrogens is 254 g/mol. The summed E-state index contributed by atoms with van der Waals surface area (Å²) in [6, 6.07) is 6.76. The second kappa shape index (κ2) is 5.36. The second-order valence-corrected chi connectivity index (χ2v) is 6.96. The van der Waals surface area contributed by atoms with Gasteiger partial charge in [0.2, 0.25) is 0 Å². The highest BCUT2D eigenvalue weighted by atomic mass is 35.5. The first-order chi connectivity index (χ1) is 9.19. The fourth-order valence-corrected chi connectivity index (χ4v) is 4.29. The summed E-state index contributed by atoms with van der Waals surface area (Å²) in [6.45, 7) is 2.13. The van der Waals surface area contributed by atoms with Crippen LogP contribution in [-0.4, -0.2) is 6.04 Å². The van der Waals surface area contributed by atoms with Crippen molar-refractivity contribution in [1.82, 2.24) is 0 Å². The Hall–Kier alpha value is -0.690. The monoisotopic (exact) mass is 277 g/mol. The zero-order valence-electron chi connectivity index (χ0n) is 11.8. The fourth-order valence-electron chi connectivity index (χ4n) is 4.02.